The molecule has 1 atom stereocenters. The van der Waals surface area contributed by atoms with Gasteiger partial charge in [0.05, 0.1) is 12.0 Å². The molecule has 8 heteroatoms. The van der Waals surface area contributed by atoms with E-state index in [1.165, 1.54) is 0 Å². The summed E-state index contributed by atoms with van der Waals surface area (Å²) in [4.78, 5) is 24.4. The van der Waals surface area contributed by atoms with Crippen LogP contribution < -0.4 is 5.32 Å². The van der Waals surface area contributed by atoms with Crippen molar-refractivity contribution in [1.29, 1.82) is 0 Å². The first-order valence-corrected chi connectivity index (χ1v) is 6.81. The molecule has 5 nitrogen and oxygen atoms in total. The smallest absolute Gasteiger partial charge is 0.405 e. The molecule has 0 aromatic carbocycles. The summed E-state index contributed by atoms with van der Waals surface area (Å²) < 4.78 is 36.0. The number of rotatable bonds is 5. The molecule has 0 saturated carbocycles. The first kappa shape index (κ1) is 17.7. The summed E-state index contributed by atoms with van der Waals surface area (Å²) in [5.74, 6) is -1.73. The van der Waals surface area contributed by atoms with Crippen LogP contribution in [0, 0.1) is 11.3 Å². The van der Waals surface area contributed by atoms with E-state index in [0.29, 0.717) is 13.1 Å². The standard InChI is InChI=1S/C13H21F3N2O3/c1-12(2,11(20)21)9-4-3-5-18(6-9)7-10(19)17-8-13(14,15)16/h9H,3-8H2,1-2H3,(H,17,19)(H,20,21). The van der Waals surface area contributed by atoms with Crippen LogP contribution >= 0.6 is 0 Å². The highest BCUT2D eigenvalue weighted by molar-refractivity contribution is 5.78. The Morgan fingerprint density at radius 1 is 1.33 bits per heavy atom. The molecule has 0 bridgehead atoms. The average molecular weight is 310 g/mol. The molecule has 0 aromatic heterocycles. The largest absolute Gasteiger partial charge is 0.481 e. The van der Waals surface area contributed by atoms with E-state index >= 15 is 0 Å². The number of halogens is 3. The fourth-order valence-corrected chi connectivity index (χ4v) is 2.42. The van der Waals surface area contributed by atoms with Gasteiger partial charge in [-0.25, -0.2) is 0 Å². The average Bonchev–Trinajstić information content (AvgIpc) is 2.35. The maximum absolute atomic E-state index is 12.0. The molecule has 1 amide bonds. The highest BCUT2D eigenvalue weighted by Gasteiger charge is 2.39. The Hall–Kier alpha value is -1.31. The van der Waals surface area contributed by atoms with Gasteiger partial charge in [-0.15, -0.1) is 0 Å². The molecule has 1 fully saturated rings. The van der Waals surface area contributed by atoms with Crippen molar-refractivity contribution >= 4 is 11.9 Å². The molecule has 1 rings (SSSR count). The number of hydrogen-bond acceptors (Lipinski definition) is 3. The van der Waals surface area contributed by atoms with Gasteiger partial charge in [-0.05, 0) is 39.2 Å². The first-order chi connectivity index (χ1) is 9.52. The van der Waals surface area contributed by atoms with Crippen molar-refractivity contribution in [3.8, 4) is 0 Å². The summed E-state index contributed by atoms with van der Waals surface area (Å²) in [6.07, 6.45) is -2.96. The summed E-state index contributed by atoms with van der Waals surface area (Å²) >= 11 is 0. The van der Waals surface area contributed by atoms with E-state index in [1.807, 2.05) is 5.32 Å². The molecular formula is C13H21F3N2O3. The number of nitrogens with zero attached hydrogens (tertiary/aromatic N) is 1. The van der Waals surface area contributed by atoms with Crippen LogP contribution in [0.15, 0.2) is 0 Å². The van der Waals surface area contributed by atoms with E-state index in [1.54, 1.807) is 18.7 Å². The van der Waals surface area contributed by atoms with Crippen LogP contribution in [-0.2, 0) is 9.59 Å². The summed E-state index contributed by atoms with van der Waals surface area (Å²) in [6.45, 7) is 2.77. The Balaban J connectivity index is 2.50. The molecule has 2 N–H and O–H groups in total. The van der Waals surface area contributed by atoms with Gasteiger partial charge in [0, 0.05) is 6.54 Å². The normalized spacial score (nSPS) is 21.1. The molecule has 1 aliphatic rings. The van der Waals surface area contributed by atoms with Crippen molar-refractivity contribution in [2.75, 3.05) is 26.2 Å². The van der Waals surface area contributed by atoms with Gasteiger partial charge in [0.1, 0.15) is 6.54 Å². The second-order valence-electron chi connectivity index (χ2n) is 5.99. The maximum atomic E-state index is 12.0. The Morgan fingerprint density at radius 2 is 1.95 bits per heavy atom. The Labute approximate surface area is 121 Å². The third-order valence-electron chi connectivity index (χ3n) is 3.93. The van der Waals surface area contributed by atoms with E-state index in [-0.39, 0.29) is 12.5 Å². The lowest BCUT2D eigenvalue weighted by atomic mass is 9.74. The number of carboxylic acid groups (broad SMARTS) is 1. The number of nitrogens with one attached hydrogen (secondary N) is 1. The number of carboxylic acids is 1. The third kappa shape index (κ3) is 5.53. The number of carbonyl (C=O) groups is 2. The van der Waals surface area contributed by atoms with Crippen molar-refractivity contribution < 1.29 is 27.9 Å². The van der Waals surface area contributed by atoms with E-state index in [4.69, 9.17) is 0 Å². The van der Waals surface area contributed by atoms with Gasteiger partial charge in [0.25, 0.3) is 0 Å². The molecule has 1 unspecified atom stereocenters. The SMILES string of the molecule is CC(C)(C(=O)O)C1CCCN(CC(=O)NCC(F)(F)F)C1. The number of hydrogen-bond donors (Lipinski definition) is 2. The van der Waals surface area contributed by atoms with Crippen molar-refractivity contribution in [3.63, 3.8) is 0 Å². The van der Waals surface area contributed by atoms with Gasteiger partial charge < -0.3 is 10.4 Å². The van der Waals surface area contributed by atoms with Crippen LogP contribution in [0.25, 0.3) is 0 Å². The zero-order valence-corrected chi connectivity index (χ0v) is 12.2. The van der Waals surface area contributed by atoms with Crippen LogP contribution in [0.5, 0.6) is 0 Å². The molecular weight excluding hydrogens is 289 g/mol. The number of likely N-dealkylation sites (tertiary alicyclic amines) is 1. The minimum absolute atomic E-state index is 0.126. The fourth-order valence-electron chi connectivity index (χ4n) is 2.42. The number of aliphatic carboxylic acids is 1. The molecule has 0 aromatic rings. The van der Waals surface area contributed by atoms with Crippen molar-refractivity contribution in [3.05, 3.63) is 0 Å². The lowest BCUT2D eigenvalue weighted by Crippen LogP contribution is -2.48. The summed E-state index contributed by atoms with van der Waals surface area (Å²) in [5, 5.41) is 11.0. The Bertz CT molecular complexity index is 397. The highest BCUT2D eigenvalue weighted by atomic mass is 19.4. The topological polar surface area (TPSA) is 69.6 Å². The second kappa shape index (κ2) is 6.64. The quantitative estimate of drug-likeness (QED) is 0.807. The number of alkyl halides is 3. The van der Waals surface area contributed by atoms with Crippen LogP contribution in [0.2, 0.25) is 0 Å². The molecule has 21 heavy (non-hydrogen) atoms. The highest BCUT2D eigenvalue weighted by Crippen LogP contribution is 2.34. The third-order valence-corrected chi connectivity index (χ3v) is 3.93. The molecule has 122 valence electrons. The zero-order valence-electron chi connectivity index (χ0n) is 12.2. The predicted molar refractivity (Wildman–Crippen MR) is 69.6 cm³/mol. The monoisotopic (exact) mass is 310 g/mol. The van der Waals surface area contributed by atoms with Gasteiger partial charge in [-0.2, -0.15) is 13.2 Å². The van der Waals surface area contributed by atoms with Crippen molar-refractivity contribution in [2.45, 2.75) is 32.9 Å². The Kier molecular flexibility index (Phi) is 5.61. The maximum Gasteiger partial charge on any atom is 0.405 e. The number of piperidine rings is 1. The van der Waals surface area contributed by atoms with Crippen LogP contribution in [0.4, 0.5) is 13.2 Å². The Morgan fingerprint density at radius 3 is 2.48 bits per heavy atom. The summed E-state index contributed by atoms with van der Waals surface area (Å²) in [5.41, 5.74) is -0.916. The minimum Gasteiger partial charge on any atom is -0.481 e. The molecule has 1 aliphatic heterocycles. The number of carbonyl (C=O) groups excluding carboxylic acids is 1. The van der Waals surface area contributed by atoms with E-state index in [0.717, 1.165) is 12.8 Å². The summed E-state index contributed by atoms with van der Waals surface area (Å²) in [6, 6.07) is 0. The lowest BCUT2D eigenvalue weighted by Gasteiger charge is -2.38. The van der Waals surface area contributed by atoms with Crippen LogP contribution in [-0.4, -0.2) is 54.2 Å². The van der Waals surface area contributed by atoms with Crippen LogP contribution in [0.3, 0.4) is 0 Å². The first-order valence-electron chi connectivity index (χ1n) is 6.81. The van der Waals surface area contributed by atoms with Gasteiger partial charge in [0.2, 0.25) is 5.91 Å². The van der Waals surface area contributed by atoms with Gasteiger partial charge in [0.15, 0.2) is 0 Å². The summed E-state index contributed by atoms with van der Waals surface area (Å²) in [7, 11) is 0. The minimum atomic E-state index is -4.43. The second-order valence-corrected chi connectivity index (χ2v) is 5.99. The molecule has 0 spiro atoms. The van der Waals surface area contributed by atoms with E-state index in [9.17, 15) is 27.9 Å². The van der Waals surface area contributed by atoms with Crippen molar-refractivity contribution in [1.82, 2.24) is 10.2 Å². The van der Waals surface area contributed by atoms with E-state index in [2.05, 4.69) is 0 Å². The van der Waals surface area contributed by atoms with Gasteiger partial charge >= 0.3 is 12.1 Å². The molecule has 1 heterocycles. The van der Waals surface area contributed by atoms with Crippen molar-refractivity contribution in [2.24, 2.45) is 11.3 Å². The zero-order chi connectivity index (χ0) is 16.3. The van der Waals surface area contributed by atoms with Gasteiger partial charge in [-0.1, -0.05) is 0 Å². The fraction of sp³-hybridized carbons (Fsp3) is 0.846. The van der Waals surface area contributed by atoms with Gasteiger partial charge in [-0.3, -0.25) is 14.5 Å². The van der Waals surface area contributed by atoms with E-state index < -0.39 is 30.0 Å². The molecule has 0 aliphatic carbocycles. The lowest BCUT2D eigenvalue weighted by molar-refractivity contribution is -0.151. The predicted octanol–water partition coefficient (Wildman–Crippen LogP) is 1.49. The number of amides is 1. The molecule has 0 radical (unpaired) electrons. The molecule has 1 saturated heterocycles. The van der Waals surface area contributed by atoms with Crippen LogP contribution in [0.1, 0.15) is 26.7 Å².